The summed E-state index contributed by atoms with van der Waals surface area (Å²) in [5.41, 5.74) is 2.92. The summed E-state index contributed by atoms with van der Waals surface area (Å²) in [4.78, 5) is 26.7. The molecular weight excluding hydrogens is 420 g/mol. The van der Waals surface area contributed by atoms with Gasteiger partial charge in [0.1, 0.15) is 5.75 Å². The summed E-state index contributed by atoms with van der Waals surface area (Å²) in [6, 6.07) is 11.4. The highest BCUT2D eigenvalue weighted by Gasteiger charge is 2.31. The van der Waals surface area contributed by atoms with Crippen LogP contribution >= 0.6 is 0 Å². The maximum atomic E-state index is 12.9. The summed E-state index contributed by atoms with van der Waals surface area (Å²) >= 11 is 0. The average molecular weight is 455 g/mol. The van der Waals surface area contributed by atoms with Gasteiger partial charge in [0.2, 0.25) is 0 Å². The minimum atomic E-state index is -0.472. The molecule has 0 saturated heterocycles. The average Bonchev–Trinajstić information content (AvgIpc) is 3.14. The summed E-state index contributed by atoms with van der Waals surface area (Å²) in [5.74, 6) is 2.06. The Hall–Kier alpha value is -3.06. The van der Waals surface area contributed by atoms with E-state index < -0.39 is 6.09 Å². The summed E-state index contributed by atoms with van der Waals surface area (Å²) in [6.07, 6.45) is 3.19. The molecule has 1 aliphatic carbocycles. The Morgan fingerprint density at radius 1 is 1.12 bits per heavy atom. The molecule has 1 atom stereocenters. The molecule has 3 rings (SSSR count). The van der Waals surface area contributed by atoms with Gasteiger partial charge in [-0.25, -0.2) is 4.79 Å². The van der Waals surface area contributed by atoms with E-state index in [0.717, 1.165) is 62.0 Å². The van der Waals surface area contributed by atoms with Crippen molar-refractivity contribution in [2.75, 3.05) is 34.4 Å². The van der Waals surface area contributed by atoms with Gasteiger partial charge in [-0.15, -0.1) is 0 Å². The van der Waals surface area contributed by atoms with E-state index in [1.165, 1.54) is 7.05 Å². The fraction of sp³-hybridized carbons (Fsp3) is 0.462. The van der Waals surface area contributed by atoms with Crippen LogP contribution in [0.2, 0.25) is 0 Å². The van der Waals surface area contributed by atoms with Crippen molar-refractivity contribution in [2.45, 2.75) is 39.2 Å². The first-order valence-electron chi connectivity index (χ1n) is 11.5. The Morgan fingerprint density at radius 2 is 1.88 bits per heavy atom. The fourth-order valence-corrected chi connectivity index (χ4v) is 4.33. The van der Waals surface area contributed by atoms with Gasteiger partial charge in [0.15, 0.2) is 17.3 Å². The lowest BCUT2D eigenvalue weighted by Gasteiger charge is -2.21. The van der Waals surface area contributed by atoms with Crippen LogP contribution in [0.25, 0.3) is 0 Å². The van der Waals surface area contributed by atoms with Gasteiger partial charge in [-0.3, -0.25) is 9.69 Å². The molecule has 0 aliphatic heterocycles. The third-order valence-electron chi connectivity index (χ3n) is 6.16. The second-order valence-electron chi connectivity index (χ2n) is 8.28. The van der Waals surface area contributed by atoms with Gasteiger partial charge in [0.05, 0.1) is 14.2 Å². The first-order chi connectivity index (χ1) is 16.0. The van der Waals surface area contributed by atoms with E-state index >= 15 is 0 Å². The summed E-state index contributed by atoms with van der Waals surface area (Å²) < 4.78 is 16.0. The molecule has 2 aromatic rings. The van der Waals surface area contributed by atoms with Gasteiger partial charge < -0.3 is 19.5 Å². The summed E-state index contributed by atoms with van der Waals surface area (Å²) in [6.45, 7) is 4.80. The molecule has 1 amide bonds. The number of unbranched alkanes of at least 4 members (excludes halogenated alkanes) is 1. The predicted molar refractivity (Wildman–Crippen MR) is 127 cm³/mol. The van der Waals surface area contributed by atoms with Gasteiger partial charge in [0, 0.05) is 25.1 Å². The Kier molecular flexibility index (Phi) is 8.72. The third-order valence-corrected chi connectivity index (χ3v) is 6.16. The van der Waals surface area contributed by atoms with Gasteiger partial charge >= 0.3 is 6.09 Å². The number of ketones is 1. The number of methoxy groups -OCH3 is 2. The molecule has 7 nitrogen and oxygen atoms in total. The van der Waals surface area contributed by atoms with Crippen LogP contribution in [0.5, 0.6) is 17.2 Å². The van der Waals surface area contributed by atoms with Crippen molar-refractivity contribution in [1.82, 2.24) is 10.2 Å². The van der Waals surface area contributed by atoms with Crippen LogP contribution < -0.4 is 19.5 Å². The molecule has 0 aromatic heterocycles. The smallest absolute Gasteiger partial charge is 0.412 e. The number of amides is 1. The third kappa shape index (κ3) is 6.26. The lowest BCUT2D eigenvalue weighted by Crippen LogP contribution is -2.24. The van der Waals surface area contributed by atoms with E-state index in [9.17, 15) is 9.59 Å². The van der Waals surface area contributed by atoms with E-state index in [4.69, 9.17) is 14.2 Å². The highest BCUT2D eigenvalue weighted by Crippen LogP contribution is 2.38. The highest BCUT2D eigenvalue weighted by molar-refractivity contribution is 6.02. The first-order valence-corrected chi connectivity index (χ1v) is 11.5. The van der Waals surface area contributed by atoms with Gasteiger partial charge in [0.25, 0.3) is 0 Å². The Labute approximate surface area is 196 Å². The van der Waals surface area contributed by atoms with Crippen molar-refractivity contribution in [3.8, 4) is 17.2 Å². The van der Waals surface area contributed by atoms with Crippen molar-refractivity contribution in [3.05, 3.63) is 53.1 Å². The number of hydrogen-bond acceptors (Lipinski definition) is 6. The zero-order chi connectivity index (χ0) is 23.8. The zero-order valence-corrected chi connectivity index (χ0v) is 20.0. The first kappa shape index (κ1) is 24.6. The van der Waals surface area contributed by atoms with Crippen LogP contribution in [-0.4, -0.2) is 51.1 Å². The number of fused-ring (bicyclic) bond motifs is 1. The van der Waals surface area contributed by atoms with E-state index in [1.54, 1.807) is 20.3 Å². The minimum Gasteiger partial charge on any atom is -0.493 e. The van der Waals surface area contributed by atoms with Crippen molar-refractivity contribution >= 4 is 11.9 Å². The van der Waals surface area contributed by atoms with E-state index in [1.807, 2.05) is 30.3 Å². The minimum absolute atomic E-state index is 0.0328. The lowest BCUT2D eigenvalue weighted by atomic mass is 9.98. The van der Waals surface area contributed by atoms with Crippen molar-refractivity contribution in [2.24, 2.45) is 5.92 Å². The van der Waals surface area contributed by atoms with Gasteiger partial charge in [-0.05, 0) is 67.7 Å². The lowest BCUT2D eigenvalue weighted by molar-refractivity contribution is 0.0928. The maximum Gasteiger partial charge on any atom is 0.412 e. The largest absolute Gasteiger partial charge is 0.493 e. The van der Waals surface area contributed by atoms with Crippen molar-refractivity contribution in [3.63, 3.8) is 0 Å². The number of Topliss-reactive ketones (excluding diaryl/α,β-unsaturated/α-hetero) is 1. The number of carbonyl (C=O) groups excluding carboxylic acids is 2. The number of carbonyl (C=O) groups is 2. The molecule has 0 spiro atoms. The van der Waals surface area contributed by atoms with E-state index in [-0.39, 0.29) is 11.7 Å². The summed E-state index contributed by atoms with van der Waals surface area (Å²) in [7, 11) is 4.74. The quantitative estimate of drug-likeness (QED) is 0.505. The Balaban J connectivity index is 1.48. The normalized spacial score (nSPS) is 14.8. The Morgan fingerprint density at radius 3 is 2.58 bits per heavy atom. The van der Waals surface area contributed by atoms with Crippen LogP contribution in [0.15, 0.2) is 36.4 Å². The molecule has 0 fully saturated rings. The van der Waals surface area contributed by atoms with Gasteiger partial charge in [-0.2, -0.15) is 0 Å². The summed E-state index contributed by atoms with van der Waals surface area (Å²) in [5, 5.41) is 2.45. The maximum absolute atomic E-state index is 12.9. The molecule has 0 bridgehead atoms. The monoisotopic (exact) mass is 454 g/mol. The van der Waals surface area contributed by atoms with E-state index in [0.29, 0.717) is 17.2 Å². The van der Waals surface area contributed by atoms with Crippen LogP contribution in [0.3, 0.4) is 0 Å². The number of benzene rings is 2. The van der Waals surface area contributed by atoms with Crippen LogP contribution in [0.4, 0.5) is 4.79 Å². The second-order valence-corrected chi connectivity index (χ2v) is 8.28. The Bertz CT molecular complexity index is 975. The number of nitrogens with one attached hydrogen (secondary N) is 1. The molecule has 0 heterocycles. The van der Waals surface area contributed by atoms with Crippen molar-refractivity contribution < 1.29 is 23.8 Å². The SMILES string of the molecule is CCN(CCCCC1Cc2cc(OC)c(OC)cc2C1=O)Cc1cccc(OC(=O)NC)c1. The second kappa shape index (κ2) is 11.7. The van der Waals surface area contributed by atoms with E-state index in [2.05, 4.69) is 17.1 Å². The molecule has 7 heteroatoms. The van der Waals surface area contributed by atoms with Crippen molar-refractivity contribution in [1.29, 1.82) is 0 Å². The van der Waals surface area contributed by atoms with Crippen LogP contribution in [-0.2, 0) is 13.0 Å². The molecule has 1 unspecified atom stereocenters. The molecule has 0 saturated carbocycles. The molecular formula is C26H34N2O5. The molecule has 178 valence electrons. The molecule has 1 N–H and O–H groups in total. The van der Waals surface area contributed by atoms with Crippen LogP contribution in [0, 0.1) is 5.92 Å². The number of rotatable bonds is 11. The van der Waals surface area contributed by atoms with Crippen LogP contribution in [0.1, 0.15) is 47.7 Å². The number of hydrogen-bond donors (Lipinski definition) is 1. The predicted octanol–water partition coefficient (Wildman–Crippen LogP) is 4.47. The molecule has 1 aliphatic rings. The molecule has 33 heavy (non-hydrogen) atoms. The fourth-order valence-electron chi connectivity index (χ4n) is 4.33. The number of ether oxygens (including phenoxy) is 3. The highest BCUT2D eigenvalue weighted by atomic mass is 16.6. The topological polar surface area (TPSA) is 77.1 Å². The number of nitrogens with zero attached hydrogens (tertiary/aromatic N) is 1. The zero-order valence-electron chi connectivity index (χ0n) is 20.0. The van der Waals surface area contributed by atoms with Gasteiger partial charge in [-0.1, -0.05) is 25.5 Å². The standard InChI is InChI=1S/C26H34N2O5/c1-5-28(17-18-9-8-11-21(13-18)33-26(30)27-2)12-7-6-10-19-14-20-15-23(31-3)24(32-4)16-22(20)25(19)29/h8-9,11,13,15-16,19H,5-7,10,12,14,17H2,1-4H3,(H,27,30). The molecule has 2 aromatic carbocycles. The molecule has 0 radical (unpaired) electrons.